The molecule has 0 saturated heterocycles. The van der Waals surface area contributed by atoms with Gasteiger partial charge in [-0.2, -0.15) is 0 Å². The van der Waals surface area contributed by atoms with Gasteiger partial charge in [0.1, 0.15) is 0 Å². The molecule has 0 bridgehead atoms. The van der Waals surface area contributed by atoms with Crippen LogP contribution in [0.25, 0.3) is 0 Å². The normalized spacial score (nSPS) is 11.4. The zero-order valence-electron chi connectivity index (χ0n) is 12.1. The van der Waals surface area contributed by atoms with Crippen LogP contribution in [-0.2, 0) is 19.6 Å². The van der Waals surface area contributed by atoms with E-state index in [0.29, 0.717) is 6.04 Å². The summed E-state index contributed by atoms with van der Waals surface area (Å²) < 4.78 is 4.53. The van der Waals surface area contributed by atoms with E-state index in [1.54, 1.807) is 0 Å². The van der Waals surface area contributed by atoms with E-state index in [1.165, 1.54) is 11.4 Å². The minimum absolute atomic E-state index is 0.508. The van der Waals surface area contributed by atoms with Gasteiger partial charge in [-0.15, -0.1) is 0 Å². The fourth-order valence-electron chi connectivity index (χ4n) is 2.17. The van der Waals surface area contributed by atoms with Crippen molar-refractivity contribution in [2.24, 2.45) is 0 Å². The van der Waals surface area contributed by atoms with Crippen molar-refractivity contribution in [2.45, 2.75) is 52.9 Å². The van der Waals surface area contributed by atoms with E-state index in [9.17, 15) is 0 Å². The maximum Gasteiger partial charge on any atom is 0.0948 e. The summed E-state index contributed by atoms with van der Waals surface area (Å²) in [6, 6.07) is 4.79. The van der Waals surface area contributed by atoms with Crippen molar-refractivity contribution < 1.29 is 0 Å². The zero-order valence-corrected chi connectivity index (χ0v) is 12.1. The minimum Gasteiger partial charge on any atom is -0.344 e. The predicted octanol–water partition coefficient (Wildman–Crippen LogP) is 2.64. The van der Waals surface area contributed by atoms with Crippen molar-refractivity contribution in [3.63, 3.8) is 0 Å². The third-order valence-electron chi connectivity index (χ3n) is 3.21. The zero-order chi connectivity index (χ0) is 13.7. The highest BCUT2D eigenvalue weighted by atomic mass is 15.1. The molecule has 2 aromatic heterocycles. The van der Waals surface area contributed by atoms with Crippen molar-refractivity contribution in [1.82, 2.24) is 19.4 Å². The molecule has 0 spiro atoms. The summed E-state index contributed by atoms with van der Waals surface area (Å²) >= 11 is 0. The Balaban J connectivity index is 2.06. The maximum absolute atomic E-state index is 4.26. The van der Waals surface area contributed by atoms with Gasteiger partial charge in [0, 0.05) is 37.2 Å². The molecule has 2 rings (SSSR count). The fourth-order valence-corrected chi connectivity index (χ4v) is 2.17. The number of rotatable bonds is 7. The Morgan fingerprint density at radius 1 is 1.26 bits per heavy atom. The Hall–Kier alpha value is -1.55. The van der Waals surface area contributed by atoms with Gasteiger partial charge >= 0.3 is 0 Å². The summed E-state index contributed by atoms with van der Waals surface area (Å²) in [5.74, 6) is 0. The SMILES string of the molecule is CCCn1cncc1Cn1cccc1CNC(C)C. The molecule has 0 aromatic carbocycles. The molecule has 19 heavy (non-hydrogen) atoms. The molecule has 0 atom stereocenters. The van der Waals surface area contributed by atoms with Crippen LogP contribution in [0.2, 0.25) is 0 Å². The first kappa shape index (κ1) is 13.9. The number of imidazole rings is 1. The highest BCUT2D eigenvalue weighted by Gasteiger charge is 2.06. The number of aryl methyl sites for hydroxylation is 1. The van der Waals surface area contributed by atoms with Crippen LogP contribution in [0.3, 0.4) is 0 Å². The molecule has 1 N–H and O–H groups in total. The molecule has 0 aliphatic rings. The van der Waals surface area contributed by atoms with E-state index in [-0.39, 0.29) is 0 Å². The molecular weight excluding hydrogens is 236 g/mol. The molecule has 104 valence electrons. The Bertz CT molecular complexity index is 496. The molecule has 2 aromatic rings. The minimum atomic E-state index is 0.508. The van der Waals surface area contributed by atoms with Crippen LogP contribution in [0, 0.1) is 0 Å². The first-order valence-electron chi connectivity index (χ1n) is 7.07. The summed E-state index contributed by atoms with van der Waals surface area (Å²) in [5.41, 5.74) is 2.58. The van der Waals surface area contributed by atoms with Crippen LogP contribution in [0.15, 0.2) is 30.9 Å². The predicted molar refractivity (Wildman–Crippen MR) is 78.0 cm³/mol. The van der Waals surface area contributed by atoms with Gasteiger partial charge in [-0.25, -0.2) is 4.98 Å². The molecule has 0 fully saturated rings. The van der Waals surface area contributed by atoms with Crippen LogP contribution in [-0.4, -0.2) is 20.2 Å². The van der Waals surface area contributed by atoms with Crippen molar-refractivity contribution in [1.29, 1.82) is 0 Å². The van der Waals surface area contributed by atoms with Crippen molar-refractivity contribution in [3.8, 4) is 0 Å². The van der Waals surface area contributed by atoms with Crippen molar-refractivity contribution >= 4 is 0 Å². The third-order valence-corrected chi connectivity index (χ3v) is 3.21. The Kier molecular flexibility index (Phi) is 4.80. The summed E-state index contributed by atoms with van der Waals surface area (Å²) in [6.07, 6.45) is 7.17. The van der Waals surface area contributed by atoms with Gasteiger partial charge in [0.2, 0.25) is 0 Å². The summed E-state index contributed by atoms with van der Waals surface area (Å²) in [5, 5.41) is 3.46. The number of hydrogen-bond acceptors (Lipinski definition) is 2. The maximum atomic E-state index is 4.26. The number of nitrogens with zero attached hydrogens (tertiary/aromatic N) is 3. The molecule has 4 nitrogen and oxygen atoms in total. The Labute approximate surface area is 115 Å². The summed E-state index contributed by atoms with van der Waals surface area (Å²) in [6.45, 7) is 9.37. The van der Waals surface area contributed by atoms with Gasteiger partial charge in [0.05, 0.1) is 18.6 Å². The lowest BCUT2D eigenvalue weighted by Crippen LogP contribution is -2.23. The summed E-state index contributed by atoms with van der Waals surface area (Å²) in [4.78, 5) is 4.26. The highest BCUT2D eigenvalue weighted by Crippen LogP contribution is 2.09. The number of aromatic nitrogens is 3. The van der Waals surface area contributed by atoms with Crippen molar-refractivity contribution in [3.05, 3.63) is 42.2 Å². The van der Waals surface area contributed by atoms with E-state index in [0.717, 1.165) is 26.1 Å². The third kappa shape index (κ3) is 3.70. The van der Waals surface area contributed by atoms with Gasteiger partial charge in [0.15, 0.2) is 0 Å². The molecule has 0 unspecified atom stereocenters. The second kappa shape index (κ2) is 6.57. The van der Waals surface area contributed by atoms with Crippen LogP contribution >= 0.6 is 0 Å². The van der Waals surface area contributed by atoms with Crippen LogP contribution in [0.1, 0.15) is 38.6 Å². The Morgan fingerprint density at radius 3 is 2.84 bits per heavy atom. The molecular formula is C15H24N4. The highest BCUT2D eigenvalue weighted by molar-refractivity contribution is 5.10. The van der Waals surface area contributed by atoms with Crippen molar-refractivity contribution in [2.75, 3.05) is 0 Å². The fraction of sp³-hybridized carbons (Fsp3) is 0.533. The smallest absolute Gasteiger partial charge is 0.0948 e. The monoisotopic (exact) mass is 260 g/mol. The lowest BCUT2D eigenvalue weighted by atomic mass is 10.3. The van der Waals surface area contributed by atoms with Crippen LogP contribution in [0.4, 0.5) is 0 Å². The number of hydrogen-bond donors (Lipinski definition) is 1. The van der Waals surface area contributed by atoms with Crippen LogP contribution in [0.5, 0.6) is 0 Å². The van der Waals surface area contributed by atoms with E-state index in [1.807, 2.05) is 12.5 Å². The lowest BCUT2D eigenvalue weighted by Gasteiger charge is -2.13. The quantitative estimate of drug-likeness (QED) is 0.830. The Morgan fingerprint density at radius 2 is 2.11 bits per heavy atom. The molecule has 0 radical (unpaired) electrons. The standard InChI is InChI=1S/C15H24N4/c1-4-7-19-12-16-9-15(19)11-18-8-5-6-14(18)10-17-13(2)3/h5-6,8-9,12-13,17H,4,7,10-11H2,1-3H3. The lowest BCUT2D eigenvalue weighted by molar-refractivity contribution is 0.556. The largest absolute Gasteiger partial charge is 0.344 e. The summed E-state index contributed by atoms with van der Waals surface area (Å²) in [7, 11) is 0. The van der Waals surface area contributed by atoms with Gasteiger partial charge in [0.25, 0.3) is 0 Å². The average Bonchev–Trinajstić information content (AvgIpc) is 2.98. The van der Waals surface area contributed by atoms with E-state index >= 15 is 0 Å². The average molecular weight is 260 g/mol. The molecule has 0 aliphatic heterocycles. The number of nitrogens with one attached hydrogen (secondary N) is 1. The molecule has 0 saturated carbocycles. The molecule has 0 amide bonds. The van der Waals surface area contributed by atoms with Gasteiger partial charge < -0.3 is 14.5 Å². The second-order valence-electron chi connectivity index (χ2n) is 5.24. The van der Waals surface area contributed by atoms with Gasteiger partial charge in [-0.05, 0) is 18.6 Å². The van der Waals surface area contributed by atoms with Crippen LogP contribution < -0.4 is 5.32 Å². The van der Waals surface area contributed by atoms with Gasteiger partial charge in [-0.1, -0.05) is 20.8 Å². The van der Waals surface area contributed by atoms with Gasteiger partial charge in [-0.3, -0.25) is 0 Å². The first-order valence-corrected chi connectivity index (χ1v) is 7.07. The first-order chi connectivity index (χ1) is 9.20. The van der Waals surface area contributed by atoms with E-state index in [4.69, 9.17) is 0 Å². The van der Waals surface area contributed by atoms with E-state index in [2.05, 4.69) is 58.5 Å². The molecule has 2 heterocycles. The molecule has 4 heteroatoms. The second-order valence-corrected chi connectivity index (χ2v) is 5.24. The van der Waals surface area contributed by atoms with E-state index < -0.39 is 0 Å². The topological polar surface area (TPSA) is 34.8 Å². The molecule has 0 aliphatic carbocycles.